The van der Waals surface area contributed by atoms with E-state index in [1.807, 2.05) is 84.9 Å². The second-order valence-electron chi connectivity index (χ2n) is 8.40. The van der Waals surface area contributed by atoms with Gasteiger partial charge in [0.25, 0.3) is 5.91 Å². The van der Waals surface area contributed by atoms with E-state index in [2.05, 4.69) is 22.9 Å². The van der Waals surface area contributed by atoms with Gasteiger partial charge in [-0.2, -0.15) is 0 Å². The summed E-state index contributed by atoms with van der Waals surface area (Å²) >= 11 is 0. The van der Waals surface area contributed by atoms with E-state index in [0.717, 1.165) is 33.4 Å². The Morgan fingerprint density at radius 2 is 1.68 bits per heavy atom. The van der Waals surface area contributed by atoms with Crippen molar-refractivity contribution in [3.05, 3.63) is 108 Å². The monoisotopic (exact) mass is 449 g/mol. The molecule has 0 spiro atoms. The number of amides is 1. The molecule has 5 rings (SSSR count). The highest BCUT2D eigenvalue weighted by atomic mass is 16.5. The summed E-state index contributed by atoms with van der Waals surface area (Å²) in [6.07, 6.45) is 0.637. The Labute approximate surface area is 199 Å². The number of nitrogens with zero attached hydrogens (tertiary/aromatic N) is 2. The highest BCUT2D eigenvalue weighted by molar-refractivity contribution is 5.98. The summed E-state index contributed by atoms with van der Waals surface area (Å²) in [5, 5.41) is 5.23. The molecule has 1 N–H and O–H groups in total. The van der Waals surface area contributed by atoms with Gasteiger partial charge in [0.05, 0.1) is 17.6 Å². The molecule has 0 aliphatic heterocycles. The maximum atomic E-state index is 12.7. The second-order valence-corrected chi connectivity index (χ2v) is 8.40. The molecule has 0 aliphatic rings. The van der Waals surface area contributed by atoms with Crippen LogP contribution in [0.15, 0.2) is 91.0 Å². The lowest BCUT2D eigenvalue weighted by atomic mass is 10.1. The van der Waals surface area contributed by atoms with Crippen molar-refractivity contribution in [2.45, 2.75) is 19.9 Å². The number of imidazole rings is 1. The second kappa shape index (κ2) is 9.79. The van der Waals surface area contributed by atoms with Crippen molar-refractivity contribution < 1.29 is 9.53 Å². The van der Waals surface area contributed by atoms with Crippen LogP contribution >= 0.6 is 0 Å². The molecule has 0 radical (unpaired) electrons. The molecule has 1 heterocycles. The number of ether oxygens (including phenoxy) is 1. The van der Waals surface area contributed by atoms with Crippen molar-refractivity contribution in [3.63, 3.8) is 0 Å². The minimum absolute atomic E-state index is 0.0730. The number of para-hydroxylation sites is 2. The van der Waals surface area contributed by atoms with Crippen molar-refractivity contribution >= 4 is 27.7 Å². The number of fused-ring (bicyclic) bond motifs is 2. The van der Waals surface area contributed by atoms with Crippen LogP contribution in [-0.4, -0.2) is 28.6 Å². The highest BCUT2D eigenvalue weighted by Crippen LogP contribution is 2.18. The standard InChI is InChI=1S/C29H27N3O2/c1-21-10-14-25(15-11-21)34-19-18-32-27-9-5-4-8-26(27)31-28(32)16-17-30-29(33)24-13-12-22-6-2-3-7-23(22)20-24/h2-15,20H,16-19H2,1H3,(H,30,33). The van der Waals surface area contributed by atoms with Crippen LogP contribution in [0.1, 0.15) is 21.7 Å². The number of aryl methyl sites for hydroxylation is 1. The zero-order chi connectivity index (χ0) is 23.3. The molecule has 34 heavy (non-hydrogen) atoms. The van der Waals surface area contributed by atoms with Crippen molar-refractivity contribution in [3.8, 4) is 5.75 Å². The zero-order valence-corrected chi connectivity index (χ0v) is 19.2. The van der Waals surface area contributed by atoms with Gasteiger partial charge in [-0.1, -0.05) is 60.2 Å². The molecule has 1 amide bonds. The van der Waals surface area contributed by atoms with Crippen molar-refractivity contribution in [1.82, 2.24) is 14.9 Å². The van der Waals surface area contributed by atoms with Gasteiger partial charge in [-0.25, -0.2) is 4.98 Å². The largest absolute Gasteiger partial charge is 0.492 e. The third kappa shape index (κ3) is 4.79. The molecule has 5 aromatic rings. The van der Waals surface area contributed by atoms with E-state index in [0.29, 0.717) is 31.7 Å². The van der Waals surface area contributed by atoms with Gasteiger partial charge in [0, 0.05) is 18.5 Å². The van der Waals surface area contributed by atoms with E-state index < -0.39 is 0 Å². The zero-order valence-electron chi connectivity index (χ0n) is 19.2. The van der Waals surface area contributed by atoms with Crippen LogP contribution in [-0.2, 0) is 13.0 Å². The lowest BCUT2D eigenvalue weighted by molar-refractivity contribution is 0.0954. The van der Waals surface area contributed by atoms with E-state index in [9.17, 15) is 4.79 Å². The third-order valence-electron chi connectivity index (χ3n) is 5.98. The molecule has 5 nitrogen and oxygen atoms in total. The first kappa shape index (κ1) is 21.7. The Hall–Kier alpha value is -4.12. The molecule has 0 bridgehead atoms. The van der Waals surface area contributed by atoms with Crippen LogP contribution < -0.4 is 10.1 Å². The van der Waals surface area contributed by atoms with Gasteiger partial charge < -0.3 is 14.6 Å². The summed E-state index contributed by atoms with van der Waals surface area (Å²) in [4.78, 5) is 17.5. The molecule has 0 fully saturated rings. The van der Waals surface area contributed by atoms with Crippen LogP contribution in [0.4, 0.5) is 0 Å². The van der Waals surface area contributed by atoms with Gasteiger partial charge in [0.1, 0.15) is 18.2 Å². The van der Waals surface area contributed by atoms with Crippen molar-refractivity contribution in [1.29, 1.82) is 0 Å². The quantitative estimate of drug-likeness (QED) is 0.338. The van der Waals surface area contributed by atoms with Crippen molar-refractivity contribution in [2.24, 2.45) is 0 Å². The minimum atomic E-state index is -0.0730. The first-order valence-electron chi connectivity index (χ1n) is 11.6. The lowest BCUT2D eigenvalue weighted by Crippen LogP contribution is -2.26. The number of carbonyl (C=O) groups excluding carboxylic acids is 1. The first-order chi connectivity index (χ1) is 16.7. The van der Waals surface area contributed by atoms with Gasteiger partial charge in [-0.3, -0.25) is 4.79 Å². The number of hydrogen-bond donors (Lipinski definition) is 1. The molecular weight excluding hydrogens is 422 g/mol. The molecule has 1 aromatic heterocycles. The summed E-state index contributed by atoms with van der Waals surface area (Å²) in [6.45, 7) is 3.79. The number of aromatic nitrogens is 2. The first-order valence-corrected chi connectivity index (χ1v) is 11.6. The summed E-state index contributed by atoms with van der Waals surface area (Å²) in [5.41, 5.74) is 3.90. The van der Waals surface area contributed by atoms with Crippen LogP contribution in [0.2, 0.25) is 0 Å². The predicted octanol–water partition coefficient (Wildman–Crippen LogP) is 5.55. The van der Waals surface area contributed by atoms with Crippen LogP contribution in [0.3, 0.4) is 0 Å². The topological polar surface area (TPSA) is 56.1 Å². The third-order valence-corrected chi connectivity index (χ3v) is 5.98. The Balaban J connectivity index is 1.25. The highest BCUT2D eigenvalue weighted by Gasteiger charge is 2.12. The fourth-order valence-corrected chi connectivity index (χ4v) is 4.18. The van der Waals surface area contributed by atoms with Crippen molar-refractivity contribution in [2.75, 3.05) is 13.2 Å². The molecule has 170 valence electrons. The molecule has 0 saturated carbocycles. The van der Waals surface area contributed by atoms with E-state index in [-0.39, 0.29) is 5.91 Å². The molecule has 0 unspecified atom stereocenters. The van der Waals surface area contributed by atoms with E-state index >= 15 is 0 Å². The normalized spacial score (nSPS) is 11.1. The maximum Gasteiger partial charge on any atom is 0.251 e. The fourth-order valence-electron chi connectivity index (χ4n) is 4.18. The molecule has 4 aromatic carbocycles. The molecule has 0 atom stereocenters. The minimum Gasteiger partial charge on any atom is -0.492 e. The molecular formula is C29H27N3O2. The average molecular weight is 450 g/mol. The number of benzene rings is 4. The Bertz CT molecular complexity index is 1440. The SMILES string of the molecule is Cc1ccc(OCCn2c(CCNC(=O)c3ccc4ccccc4c3)nc3ccccc32)cc1. The van der Waals surface area contributed by atoms with E-state index in [1.54, 1.807) is 0 Å². The van der Waals surface area contributed by atoms with Crippen LogP contribution in [0, 0.1) is 6.92 Å². The van der Waals surface area contributed by atoms with E-state index in [1.165, 1.54) is 5.56 Å². The number of nitrogens with one attached hydrogen (secondary N) is 1. The summed E-state index contributed by atoms with van der Waals surface area (Å²) in [6, 6.07) is 30.0. The van der Waals surface area contributed by atoms with E-state index in [4.69, 9.17) is 9.72 Å². The lowest BCUT2D eigenvalue weighted by Gasteiger charge is -2.12. The number of hydrogen-bond acceptors (Lipinski definition) is 3. The molecule has 0 aliphatic carbocycles. The average Bonchev–Trinajstić information content (AvgIpc) is 3.22. The van der Waals surface area contributed by atoms with Crippen LogP contribution in [0.5, 0.6) is 5.75 Å². The predicted molar refractivity (Wildman–Crippen MR) is 136 cm³/mol. The smallest absolute Gasteiger partial charge is 0.251 e. The molecule has 0 saturated heterocycles. The van der Waals surface area contributed by atoms with Gasteiger partial charge in [-0.05, 0) is 54.1 Å². The van der Waals surface area contributed by atoms with Crippen LogP contribution in [0.25, 0.3) is 21.8 Å². The van der Waals surface area contributed by atoms with Gasteiger partial charge in [-0.15, -0.1) is 0 Å². The molecule has 5 heteroatoms. The Morgan fingerprint density at radius 1 is 0.912 bits per heavy atom. The van der Waals surface area contributed by atoms with Gasteiger partial charge in [0.15, 0.2) is 0 Å². The number of carbonyl (C=O) groups is 1. The summed E-state index contributed by atoms with van der Waals surface area (Å²) in [7, 11) is 0. The van der Waals surface area contributed by atoms with Gasteiger partial charge in [0.2, 0.25) is 0 Å². The fraction of sp³-hybridized carbons (Fsp3) is 0.172. The summed E-state index contributed by atoms with van der Waals surface area (Å²) < 4.78 is 8.14. The van der Waals surface area contributed by atoms with Gasteiger partial charge >= 0.3 is 0 Å². The summed E-state index contributed by atoms with van der Waals surface area (Å²) in [5.74, 6) is 1.72. The Kier molecular flexibility index (Phi) is 6.25. The number of rotatable bonds is 8. The maximum absolute atomic E-state index is 12.7. The Morgan fingerprint density at radius 3 is 2.53 bits per heavy atom.